The molecule has 6 nitrogen and oxygen atoms in total. The van der Waals surface area contributed by atoms with Gasteiger partial charge in [-0.05, 0) is 38.4 Å². The van der Waals surface area contributed by atoms with E-state index >= 15 is 0 Å². The molecule has 3 aliphatic heterocycles. The third-order valence-corrected chi connectivity index (χ3v) is 7.86. The lowest BCUT2D eigenvalue weighted by Crippen LogP contribution is -2.43. The lowest BCUT2D eigenvalue weighted by Gasteiger charge is -2.32. The minimum Gasteiger partial charge on any atom is -0.369 e. The molecule has 7 heteroatoms. The number of hydrogen-bond donors (Lipinski definition) is 0. The summed E-state index contributed by atoms with van der Waals surface area (Å²) >= 11 is 0. The van der Waals surface area contributed by atoms with Gasteiger partial charge in [0.15, 0.2) is 9.84 Å². The number of amides is 1. The van der Waals surface area contributed by atoms with Crippen molar-refractivity contribution < 1.29 is 13.2 Å². The quantitative estimate of drug-likeness (QED) is 0.776. The van der Waals surface area contributed by atoms with E-state index in [9.17, 15) is 13.2 Å². The third kappa shape index (κ3) is 3.34. The number of carbonyl (C=O) groups is 1. The standard InChI is InChI=1S/C19H27N3O3S/c1-20-15-6-7-16(20)14-22(9-8-15)19(23)17-4-2-3-5-18(17)21-10-12-26(24,25)13-11-21/h2-5,15-16H,6-14H2,1H3/t15-,16+/m0/s1. The lowest BCUT2D eigenvalue weighted by molar-refractivity contribution is 0.0741. The molecule has 26 heavy (non-hydrogen) atoms. The predicted molar refractivity (Wildman–Crippen MR) is 102 cm³/mol. The normalized spacial score (nSPS) is 28.8. The van der Waals surface area contributed by atoms with Gasteiger partial charge in [0.2, 0.25) is 0 Å². The van der Waals surface area contributed by atoms with Gasteiger partial charge in [0, 0.05) is 44.0 Å². The summed E-state index contributed by atoms with van der Waals surface area (Å²) in [5.41, 5.74) is 1.57. The monoisotopic (exact) mass is 377 g/mol. The van der Waals surface area contributed by atoms with Crippen molar-refractivity contribution in [2.45, 2.75) is 31.3 Å². The number of rotatable bonds is 2. The highest BCUT2D eigenvalue weighted by Crippen LogP contribution is 2.30. The number of sulfone groups is 1. The van der Waals surface area contributed by atoms with Crippen LogP contribution < -0.4 is 4.90 Å². The highest BCUT2D eigenvalue weighted by molar-refractivity contribution is 7.91. The van der Waals surface area contributed by atoms with Crippen LogP contribution in [-0.2, 0) is 9.84 Å². The van der Waals surface area contributed by atoms with Crippen LogP contribution in [0.4, 0.5) is 5.69 Å². The Morgan fingerprint density at radius 1 is 1.00 bits per heavy atom. The van der Waals surface area contributed by atoms with Crippen LogP contribution in [0.1, 0.15) is 29.6 Å². The van der Waals surface area contributed by atoms with E-state index in [-0.39, 0.29) is 17.4 Å². The summed E-state index contributed by atoms with van der Waals surface area (Å²) in [5, 5.41) is 0. The molecule has 1 aromatic rings. The van der Waals surface area contributed by atoms with Crippen molar-refractivity contribution in [3.05, 3.63) is 29.8 Å². The van der Waals surface area contributed by atoms with Crippen molar-refractivity contribution in [1.29, 1.82) is 0 Å². The molecule has 1 aromatic carbocycles. The van der Waals surface area contributed by atoms with Gasteiger partial charge in [0.05, 0.1) is 17.1 Å². The lowest BCUT2D eigenvalue weighted by atomic mass is 10.1. The maximum Gasteiger partial charge on any atom is 0.256 e. The molecule has 0 saturated carbocycles. The van der Waals surface area contributed by atoms with Crippen LogP contribution in [-0.4, -0.2) is 80.9 Å². The molecule has 0 N–H and O–H groups in total. The summed E-state index contributed by atoms with van der Waals surface area (Å²) in [6, 6.07) is 8.70. The van der Waals surface area contributed by atoms with Crippen molar-refractivity contribution in [1.82, 2.24) is 9.80 Å². The third-order valence-electron chi connectivity index (χ3n) is 6.26. The zero-order chi connectivity index (χ0) is 18.3. The van der Waals surface area contributed by atoms with E-state index in [0.29, 0.717) is 30.7 Å². The highest BCUT2D eigenvalue weighted by atomic mass is 32.2. The van der Waals surface area contributed by atoms with Gasteiger partial charge < -0.3 is 9.80 Å². The number of likely N-dealkylation sites (N-methyl/N-ethyl adjacent to an activating group) is 1. The SMILES string of the molecule is CN1[C@H]2CC[C@@H]1CN(C(=O)c1ccccc1N1CCS(=O)(=O)CC1)CC2. The van der Waals surface area contributed by atoms with Gasteiger partial charge in [-0.1, -0.05) is 12.1 Å². The zero-order valence-electron chi connectivity index (χ0n) is 15.3. The minimum atomic E-state index is -2.94. The summed E-state index contributed by atoms with van der Waals surface area (Å²) in [5.74, 6) is 0.400. The number of anilines is 1. The number of likely N-dealkylation sites (tertiary alicyclic amines) is 1. The molecule has 142 valence electrons. The van der Waals surface area contributed by atoms with Crippen molar-refractivity contribution >= 4 is 21.4 Å². The zero-order valence-corrected chi connectivity index (χ0v) is 16.1. The Labute approximate surface area is 155 Å². The molecule has 2 atom stereocenters. The van der Waals surface area contributed by atoms with E-state index in [1.165, 1.54) is 6.42 Å². The molecular weight excluding hydrogens is 350 g/mol. The van der Waals surface area contributed by atoms with Crippen molar-refractivity contribution in [2.24, 2.45) is 0 Å². The summed E-state index contributed by atoms with van der Waals surface area (Å²) in [4.78, 5) is 19.8. The number of benzene rings is 1. The number of hydrogen-bond acceptors (Lipinski definition) is 5. The van der Waals surface area contributed by atoms with Crippen LogP contribution in [0.5, 0.6) is 0 Å². The first kappa shape index (κ1) is 17.8. The Morgan fingerprint density at radius 2 is 1.69 bits per heavy atom. The Balaban J connectivity index is 1.55. The Morgan fingerprint density at radius 3 is 2.46 bits per heavy atom. The molecule has 2 bridgehead atoms. The first-order valence-electron chi connectivity index (χ1n) is 9.50. The van der Waals surface area contributed by atoms with E-state index < -0.39 is 9.84 Å². The number of fused-ring (bicyclic) bond motifs is 2. The average molecular weight is 378 g/mol. The second-order valence-electron chi connectivity index (χ2n) is 7.75. The maximum absolute atomic E-state index is 13.3. The van der Waals surface area contributed by atoms with E-state index in [0.717, 1.165) is 31.6 Å². The van der Waals surface area contributed by atoms with Crippen molar-refractivity contribution in [3.63, 3.8) is 0 Å². The van der Waals surface area contributed by atoms with Crippen molar-refractivity contribution in [2.75, 3.05) is 49.6 Å². The molecule has 4 rings (SSSR count). The summed E-state index contributed by atoms with van der Waals surface area (Å²) < 4.78 is 23.5. The van der Waals surface area contributed by atoms with Gasteiger partial charge in [-0.25, -0.2) is 8.42 Å². The van der Waals surface area contributed by atoms with Gasteiger partial charge in [-0.3, -0.25) is 9.69 Å². The number of para-hydroxylation sites is 1. The second-order valence-corrected chi connectivity index (χ2v) is 10.0. The molecule has 0 unspecified atom stereocenters. The molecular formula is C19H27N3O3S. The highest BCUT2D eigenvalue weighted by Gasteiger charge is 2.36. The van der Waals surface area contributed by atoms with E-state index in [2.05, 4.69) is 11.9 Å². The fourth-order valence-corrected chi connectivity index (χ4v) is 5.75. The second kappa shape index (κ2) is 6.85. The largest absolute Gasteiger partial charge is 0.369 e. The van der Waals surface area contributed by atoms with E-state index in [1.807, 2.05) is 34.1 Å². The molecule has 3 aliphatic rings. The Bertz CT molecular complexity index is 781. The van der Waals surface area contributed by atoms with Gasteiger partial charge in [-0.15, -0.1) is 0 Å². The van der Waals surface area contributed by atoms with Crippen LogP contribution in [0.2, 0.25) is 0 Å². The topological polar surface area (TPSA) is 60.9 Å². The van der Waals surface area contributed by atoms with Gasteiger partial charge in [0.25, 0.3) is 5.91 Å². The molecule has 3 saturated heterocycles. The molecule has 0 spiro atoms. The molecule has 0 aliphatic carbocycles. The van der Waals surface area contributed by atoms with Crippen LogP contribution in [0.15, 0.2) is 24.3 Å². The maximum atomic E-state index is 13.3. The number of nitrogens with zero attached hydrogens (tertiary/aromatic N) is 3. The summed E-state index contributed by atoms with van der Waals surface area (Å²) in [6.07, 6.45) is 3.43. The smallest absolute Gasteiger partial charge is 0.256 e. The van der Waals surface area contributed by atoms with Crippen LogP contribution >= 0.6 is 0 Å². The van der Waals surface area contributed by atoms with E-state index in [4.69, 9.17) is 0 Å². The fraction of sp³-hybridized carbons (Fsp3) is 0.632. The fourth-order valence-electron chi connectivity index (χ4n) is 4.55. The minimum absolute atomic E-state index is 0.0787. The molecule has 3 fully saturated rings. The number of carbonyl (C=O) groups excluding carboxylic acids is 1. The molecule has 1 amide bonds. The summed E-state index contributed by atoms with van der Waals surface area (Å²) in [6.45, 7) is 2.50. The Hall–Kier alpha value is -1.60. The van der Waals surface area contributed by atoms with Gasteiger partial charge in [-0.2, -0.15) is 0 Å². The van der Waals surface area contributed by atoms with Crippen molar-refractivity contribution in [3.8, 4) is 0 Å². The first-order valence-corrected chi connectivity index (χ1v) is 11.3. The van der Waals surface area contributed by atoms with Crippen LogP contribution in [0.25, 0.3) is 0 Å². The van der Waals surface area contributed by atoms with E-state index in [1.54, 1.807) is 0 Å². The van der Waals surface area contributed by atoms with Crippen LogP contribution in [0, 0.1) is 0 Å². The molecule has 0 aromatic heterocycles. The first-order chi connectivity index (χ1) is 12.4. The van der Waals surface area contributed by atoms with Gasteiger partial charge >= 0.3 is 0 Å². The molecule has 0 radical (unpaired) electrons. The molecule has 3 heterocycles. The Kier molecular flexibility index (Phi) is 4.69. The predicted octanol–water partition coefficient (Wildman–Crippen LogP) is 1.23. The summed E-state index contributed by atoms with van der Waals surface area (Å²) in [7, 11) is -0.758. The van der Waals surface area contributed by atoms with Crippen LogP contribution in [0.3, 0.4) is 0 Å². The average Bonchev–Trinajstić information content (AvgIpc) is 2.87. The van der Waals surface area contributed by atoms with Gasteiger partial charge in [0.1, 0.15) is 0 Å².